The van der Waals surface area contributed by atoms with E-state index in [1.54, 1.807) is 0 Å². The minimum atomic E-state index is -0.316. The molecule has 22 heavy (non-hydrogen) atoms. The third-order valence-electron chi connectivity index (χ3n) is 4.75. The van der Waals surface area contributed by atoms with Crippen LogP contribution in [0.1, 0.15) is 25.0 Å². The van der Waals surface area contributed by atoms with Crippen LogP contribution in [0.15, 0.2) is 18.2 Å². The van der Waals surface area contributed by atoms with Crippen LogP contribution in [-0.4, -0.2) is 61.0 Å². The second-order valence-corrected chi connectivity index (χ2v) is 6.90. The molecule has 1 aromatic rings. The molecule has 0 aliphatic carbocycles. The van der Waals surface area contributed by atoms with Crippen molar-refractivity contribution in [1.82, 2.24) is 4.90 Å². The minimum Gasteiger partial charge on any atom is -0.390 e. The third kappa shape index (κ3) is 3.45. The first-order valence-electron chi connectivity index (χ1n) is 8.42. The van der Waals surface area contributed by atoms with Gasteiger partial charge in [0.05, 0.1) is 18.3 Å². The fourth-order valence-electron chi connectivity index (χ4n) is 3.91. The van der Waals surface area contributed by atoms with E-state index in [1.807, 2.05) is 0 Å². The van der Waals surface area contributed by atoms with Gasteiger partial charge in [-0.3, -0.25) is 4.90 Å². The van der Waals surface area contributed by atoms with Crippen LogP contribution >= 0.6 is 0 Å². The molecule has 0 spiro atoms. The van der Waals surface area contributed by atoms with Crippen LogP contribution in [0.5, 0.6) is 0 Å². The average molecular weight is 304 g/mol. The maximum Gasteiger partial charge on any atom is 0.0841 e. The molecule has 3 rings (SSSR count). The Labute approximate surface area is 133 Å². The summed E-state index contributed by atoms with van der Waals surface area (Å²) in [4.78, 5) is 4.66. The molecular weight excluding hydrogens is 276 g/mol. The monoisotopic (exact) mass is 304 g/mol. The van der Waals surface area contributed by atoms with Crippen molar-refractivity contribution in [1.29, 1.82) is 0 Å². The van der Waals surface area contributed by atoms with Gasteiger partial charge in [-0.2, -0.15) is 0 Å². The fourth-order valence-corrected chi connectivity index (χ4v) is 3.91. The summed E-state index contributed by atoms with van der Waals surface area (Å²) < 4.78 is 5.76. The summed E-state index contributed by atoms with van der Waals surface area (Å²) in [6, 6.07) is 6.47. The molecule has 2 heterocycles. The Bertz CT molecular complexity index is 510. The summed E-state index contributed by atoms with van der Waals surface area (Å²) in [7, 11) is 0. The summed E-state index contributed by atoms with van der Waals surface area (Å²) >= 11 is 0. The van der Waals surface area contributed by atoms with Gasteiger partial charge in [0.25, 0.3) is 0 Å². The predicted molar refractivity (Wildman–Crippen MR) is 89.6 cm³/mol. The van der Waals surface area contributed by atoms with Crippen molar-refractivity contribution in [2.45, 2.75) is 45.5 Å². The lowest BCUT2D eigenvalue weighted by Crippen LogP contribution is -2.49. The molecule has 1 saturated heterocycles. The molecule has 0 aromatic heterocycles. The number of fused-ring (bicyclic) bond motifs is 1. The van der Waals surface area contributed by atoms with Gasteiger partial charge in [-0.25, -0.2) is 0 Å². The van der Waals surface area contributed by atoms with Crippen molar-refractivity contribution in [2.75, 3.05) is 37.6 Å². The number of benzene rings is 1. The van der Waals surface area contributed by atoms with Gasteiger partial charge >= 0.3 is 0 Å². The SMILES string of the molecule is Cc1cccc2c1CCN2CC(O)CN1CC(C)OC(C)C1. The second-order valence-electron chi connectivity index (χ2n) is 6.90. The molecule has 1 N–H and O–H groups in total. The molecule has 3 unspecified atom stereocenters. The zero-order valence-electron chi connectivity index (χ0n) is 14.0. The Kier molecular flexibility index (Phi) is 4.71. The quantitative estimate of drug-likeness (QED) is 0.920. The van der Waals surface area contributed by atoms with Crippen molar-refractivity contribution in [2.24, 2.45) is 0 Å². The molecule has 0 amide bonds. The normalized spacial score (nSPS) is 27.0. The Morgan fingerprint density at radius 2 is 1.95 bits per heavy atom. The van der Waals surface area contributed by atoms with Gasteiger partial charge in [0, 0.05) is 38.4 Å². The van der Waals surface area contributed by atoms with E-state index in [0.717, 1.165) is 39.1 Å². The number of rotatable bonds is 4. The Morgan fingerprint density at radius 3 is 2.68 bits per heavy atom. The number of hydrogen-bond acceptors (Lipinski definition) is 4. The number of ether oxygens (including phenoxy) is 1. The van der Waals surface area contributed by atoms with Crippen LogP contribution < -0.4 is 4.90 Å². The van der Waals surface area contributed by atoms with Gasteiger partial charge < -0.3 is 14.7 Å². The van der Waals surface area contributed by atoms with Crippen LogP contribution in [0, 0.1) is 6.92 Å². The topological polar surface area (TPSA) is 35.9 Å². The number of anilines is 1. The summed E-state index contributed by atoms with van der Waals surface area (Å²) in [6.07, 6.45) is 1.29. The molecule has 0 saturated carbocycles. The van der Waals surface area contributed by atoms with Crippen LogP contribution in [0.2, 0.25) is 0 Å². The highest BCUT2D eigenvalue weighted by Gasteiger charge is 2.26. The van der Waals surface area contributed by atoms with Gasteiger partial charge in [0.15, 0.2) is 0 Å². The summed E-state index contributed by atoms with van der Waals surface area (Å²) in [5.41, 5.74) is 4.12. The Balaban J connectivity index is 1.57. The standard InChI is InChI=1S/C18H28N2O2/c1-13-5-4-6-18-17(13)7-8-20(18)12-16(21)11-19-9-14(2)22-15(3)10-19/h4-6,14-16,21H,7-12H2,1-3H3. The average Bonchev–Trinajstić information content (AvgIpc) is 2.82. The number of hydrogen-bond donors (Lipinski definition) is 1. The van der Waals surface area contributed by atoms with Crippen LogP contribution in [0.25, 0.3) is 0 Å². The number of aliphatic hydroxyl groups is 1. The lowest BCUT2D eigenvalue weighted by atomic mass is 10.1. The van der Waals surface area contributed by atoms with Crippen LogP contribution in [-0.2, 0) is 11.2 Å². The molecule has 4 nitrogen and oxygen atoms in total. The molecule has 4 heteroatoms. The third-order valence-corrected chi connectivity index (χ3v) is 4.75. The van der Waals surface area contributed by atoms with Gasteiger partial charge in [0.2, 0.25) is 0 Å². The van der Waals surface area contributed by atoms with E-state index in [1.165, 1.54) is 16.8 Å². The summed E-state index contributed by atoms with van der Waals surface area (Å²) in [5.74, 6) is 0. The number of nitrogens with zero attached hydrogens (tertiary/aromatic N) is 2. The minimum absolute atomic E-state index is 0.256. The van der Waals surface area contributed by atoms with E-state index in [-0.39, 0.29) is 18.3 Å². The van der Waals surface area contributed by atoms with E-state index in [0.29, 0.717) is 0 Å². The number of aliphatic hydroxyl groups excluding tert-OH is 1. The zero-order valence-corrected chi connectivity index (χ0v) is 14.0. The summed E-state index contributed by atoms with van der Waals surface area (Å²) in [5, 5.41) is 10.5. The van der Waals surface area contributed by atoms with Crippen LogP contribution in [0.3, 0.4) is 0 Å². The van der Waals surface area contributed by atoms with E-state index in [2.05, 4.69) is 48.8 Å². The molecule has 0 radical (unpaired) electrons. The van der Waals surface area contributed by atoms with Gasteiger partial charge in [-0.15, -0.1) is 0 Å². The van der Waals surface area contributed by atoms with Crippen LogP contribution in [0.4, 0.5) is 5.69 Å². The van der Waals surface area contributed by atoms with Gasteiger partial charge in [-0.05, 0) is 44.4 Å². The molecule has 0 bridgehead atoms. The van der Waals surface area contributed by atoms with Gasteiger partial charge in [0.1, 0.15) is 0 Å². The molecule has 122 valence electrons. The molecule has 3 atom stereocenters. The first kappa shape index (κ1) is 15.8. The van der Waals surface area contributed by atoms with Gasteiger partial charge in [-0.1, -0.05) is 12.1 Å². The highest BCUT2D eigenvalue weighted by molar-refractivity contribution is 5.60. The predicted octanol–water partition coefficient (Wildman–Crippen LogP) is 1.83. The highest BCUT2D eigenvalue weighted by Crippen LogP contribution is 2.30. The number of aryl methyl sites for hydroxylation is 1. The number of β-amino-alcohol motifs (C(OH)–C–C–N with tert-alkyl or cyclic N) is 1. The van der Waals surface area contributed by atoms with Crippen molar-refractivity contribution in [3.63, 3.8) is 0 Å². The fraction of sp³-hybridized carbons (Fsp3) is 0.667. The molecule has 2 aliphatic heterocycles. The maximum atomic E-state index is 10.5. The zero-order chi connectivity index (χ0) is 15.7. The van der Waals surface area contributed by atoms with E-state index in [4.69, 9.17) is 4.74 Å². The van der Waals surface area contributed by atoms with E-state index in [9.17, 15) is 5.11 Å². The number of morpholine rings is 1. The van der Waals surface area contributed by atoms with Crippen molar-refractivity contribution >= 4 is 5.69 Å². The summed E-state index contributed by atoms with van der Waals surface area (Å²) in [6.45, 7) is 10.7. The smallest absolute Gasteiger partial charge is 0.0841 e. The van der Waals surface area contributed by atoms with E-state index < -0.39 is 0 Å². The largest absolute Gasteiger partial charge is 0.390 e. The van der Waals surface area contributed by atoms with Crippen molar-refractivity contribution < 1.29 is 9.84 Å². The Hall–Kier alpha value is -1.10. The second kappa shape index (κ2) is 6.57. The Morgan fingerprint density at radius 1 is 1.23 bits per heavy atom. The van der Waals surface area contributed by atoms with Crippen molar-refractivity contribution in [3.8, 4) is 0 Å². The van der Waals surface area contributed by atoms with E-state index >= 15 is 0 Å². The molecule has 2 aliphatic rings. The first-order valence-corrected chi connectivity index (χ1v) is 8.42. The first-order chi connectivity index (χ1) is 10.5. The maximum absolute atomic E-state index is 10.5. The molecule has 1 aromatic carbocycles. The molecule has 1 fully saturated rings. The van der Waals surface area contributed by atoms with Crippen molar-refractivity contribution in [3.05, 3.63) is 29.3 Å². The highest BCUT2D eigenvalue weighted by atomic mass is 16.5. The molecular formula is C18H28N2O2. The lowest BCUT2D eigenvalue weighted by molar-refractivity contribution is -0.0758. The lowest BCUT2D eigenvalue weighted by Gasteiger charge is -2.37.